The van der Waals surface area contributed by atoms with E-state index < -0.39 is 5.72 Å². The van der Waals surface area contributed by atoms with Crippen LogP contribution in [0.3, 0.4) is 0 Å². The summed E-state index contributed by atoms with van der Waals surface area (Å²) in [4.78, 5) is 14.5. The zero-order chi connectivity index (χ0) is 20.6. The molecular formula is C22H20N2O4S. The fourth-order valence-electron chi connectivity index (χ4n) is 3.85. The van der Waals surface area contributed by atoms with Crippen LogP contribution in [0, 0.1) is 11.3 Å². The minimum Gasteiger partial charge on any atom is -0.497 e. The second kappa shape index (κ2) is 7.47. The van der Waals surface area contributed by atoms with Gasteiger partial charge in [0.25, 0.3) is 0 Å². The fraction of sp³-hybridized carbons (Fsp3) is 0.273. The number of hydrogen-bond donors (Lipinski definition) is 1. The van der Waals surface area contributed by atoms with E-state index in [1.807, 2.05) is 24.3 Å². The Morgan fingerprint density at radius 1 is 1.17 bits per heavy atom. The van der Waals surface area contributed by atoms with E-state index in [2.05, 4.69) is 6.07 Å². The first kappa shape index (κ1) is 19.4. The highest BCUT2D eigenvalue weighted by molar-refractivity contribution is 8.03. The highest BCUT2D eigenvalue weighted by Gasteiger charge is 2.52. The predicted molar refractivity (Wildman–Crippen MR) is 109 cm³/mol. The van der Waals surface area contributed by atoms with E-state index in [1.54, 1.807) is 38.5 Å². The van der Waals surface area contributed by atoms with Crippen molar-refractivity contribution >= 4 is 17.7 Å². The molecule has 1 N–H and O–H groups in total. The van der Waals surface area contributed by atoms with Crippen LogP contribution in [0.4, 0.5) is 0 Å². The smallest absolute Gasteiger partial charge is 0.231 e. The minimum absolute atomic E-state index is 0.104. The number of fused-ring (bicyclic) bond motifs is 1. The zero-order valence-corrected chi connectivity index (χ0v) is 16.9. The molecule has 2 aliphatic heterocycles. The van der Waals surface area contributed by atoms with Crippen LogP contribution < -0.4 is 9.47 Å². The maximum absolute atomic E-state index is 13.2. The van der Waals surface area contributed by atoms with Gasteiger partial charge in [-0.3, -0.25) is 9.69 Å². The van der Waals surface area contributed by atoms with Crippen LogP contribution in [0.5, 0.6) is 11.5 Å². The summed E-state index contributed by atoms with van der Waals surface area (Å²) in [6.45, 7) is 0. The second-order valence-corrected chi connectivity index (χ2v) is 7.89. The molecule has 0 aromatic heterocycles. The van der Waals surface area contributed by atoms with Crippen molar-refractivity contribution in [1.82, 2.24) is 4.90 Å². The summed E-state index contributed by atoms with van der Waals surface area (Å²) < 4.78 is 10.6. The molecule has 2 aromatic carbocycles. The van der Waals surface area contributed by atoms with Crippen LogP contribution >= 0.6 is 11.8 Å². The summed E-state index contributed by atoms with van der Waals surface area (Å²) in [5.41, 5.74) is 0.373. The lowest BCUT2D eigenvalue weighted by Crippen LogP contribution is -2.48. The largest absolute Gasteiger partial charge is 0.497 e. The number of nitrogens with zero attached hydrogens (tertiary/aromatic N) is 2. The maximum Gasteiger partial charge on any atom is 0.231 e. The first-order valence-electron chi connectivity index (χ1n) is 9.13. The molecular weight excluding hydrogens is 388 g/mol. The quantitative estimate of drug-likeness (QED) is 0.835. The zero-order valence-electron chi connectivity index (χ0n) is 16.1. The van der Waals surface area contributed by atoms with Gasteiger partial charge in [0.05, 0.1) is 36.6 Å². The van der Waals surface area contributed by atoms with Crippen LogP contribution in [0.1, 0.15) is 23.5 Å². The Hall–Kier alpha value is -2.95. The van der Waals surface area contributed by atoms with Gasteiger partial charge in [0, 0.05) is 17.9 Å². The van der Waals surface area contributed by atoms with Crippen molar-refractivity contribution in [2.24, 2.45) is 0 Å². The third kappa shape index (κ3) is 3.15. The number of aliphatic hydroxyl groups is 1. The molecule has 7 heteroatoms. The fourth-order valence-corrected chi connectivity index (χ4v) is 5.21. The van der Waals surface area contributed by atoms with Gasteiger partial charge < -0.3 is 14.6 Å². The number of allylic oxidation sites excluding steroid dienone is 1. The Kier molecular flexibility index (Phi) is 4.99. The summed E-state index contributed by atoms with van der Waals surface area (Å²) in [5, 5.41) is 21.9. The molecule has 1 fully saturated rings. The number of benzene rings is 2. The van der Waals surface area contributed by atoms with E-state index in [0.29, 0.717) is 27.7 Å². The molecule has 0 saturated carbocycles. The Bertz CT molecular complexity index is 1050. The number of nitriles is 1. The van der Waals surface area contributed by atoms with Crippen molar-refractivity contribution in [3.05, 3.63) is 70.3 Å². The normalized spacial score (nSPS) is 23.6. The average molecular weight is 408 g/mol. The first-order chi connectivity index (χ1) is 14.0. The molecule has 0 unspecified atom stereocenters. The Balaban J connectivity index is 1.79. The Morgan fingerprint density at radius 3 is 2.55 bits per heavy atom. The van der Waals surface area contributed by atoms with Gasteiger partial charge in [-0.05, 0) is 29.8 Å². The molecule has 1 amide bonds. The molecule has 148 valence electrons. The van der Waals surface area contributed by atoms with E-state index >= 15 is 0 Å². The molecule has 1 saturated heterocycles. The number of carbonyl (C=O) groups excluding carboxylic acids is 1. The van der Waals surface area contributed by atoms with Gasteiger partial charge in [0.15, 0.2) is 5.72 Å². The third-order valence-electron chi connectivity index (χ3n) is 5.34. The Morgan fingerprint density at radius 2 is 1.86 bits per heavy atom. The number of hydrogen-bond acceptors (Lipinski definition) is 6. The molecule has 0 spiro atoms. The van der Waals surface area contributed by atoms with Gasteiger partial charge >= 0.3 is 0 Å². The van der Waals surface area contributed by atoms with E-state index in [1.165, 1.54) is 16.7 Å². The number of thioether (sulfide) groups is 1. The SMILES string of the molecule is COc1cccc([C@@H]2CC(=O)N3C(=C2C#N)SC[C@@]3(O)c2cccc(OC)c2)c1. The van der Waals surface area contributed by atoms with Gasteiger partial charge in [-0.1, -0.05) is 24.3 Å². The molecule has 29 heavy (non-hydrogen) atoms. The highest BCUT2D eigenvalue weighted by atomic mass is 32.2. The van der Waals surface area contributed by atoms with Gasteiger partial charge in [-0.25, -0.2) is 0 Å². The molecule has 2 aliphatic rings. The van der Waals surface area contributed by atoms with Crippen molar-refractivity contribution in [2.75, 3.05) is 20.0 Å². The average Bonchev–Trinajstić information content (AvgIpc) is 3.13. The molecule has 2 heterocycles. The number of rotatable bonds is 4. The van der Waals surface area contributed by atoms with Crippen LogP contribution in [0.15, 0.2) is 59.1 Å². The predicted octanol–water partition coefficient (Wildman–Crippen LogP) is 3.35. The van der Waals surface area contributed by atoms with Crippen molar-refractivity contribution in [2.45, 2.75) is 18.1 Å². The van der Waals surface area contributed by atoms with Crippen LogP contribution in [0.2, 0.25) is 0 Å². The molecule has 0 radical (unpaired) electrons. The highest BCUT2D eigenvalue weighted by Crippen LogP contribution is 2.52. The topological polar surface area (TPSA) is 82.8 Å². The van der Waals surface area contributed by atoms with Crippen molar-refractivity contribution < 1.29 is 19.4 Å². The minimum atomic E-state index is -1.52. The lowest BCUT2D eigenvalue weighted by atomic mass is 9.85. The van der Waals surface area contributed by atoms with E-state index in [9.17, 15) is 15.2 Å². The summed E-state index contributed by atoms with van der Waals surface area (Å²) in [6, 6.07) is 16.7. The van der Waals surface area contributed by atoms with Gasteiger partial charge in [-0.2, -0.15) is 5.26 Å². The summed E-state index contributed by atoms with van der Waals surface area (Å²) in [5.74, 6) is 0.928. The van der Waals surface area contributed by atoms with E-state index in [4.69, 9.17) is 9.47 Å². The molecule has 0 bridgehead atoms. The van der Waals surface area contributed by atoms with Crippen LogP contribution in [-0.2, 0) is 10.5 Å². The van der Waals surface area contributed by atoms with Crippen LogP contribution in [0.25, 0.3) is 0 Å². The molecule has 4 rings (SSSR count). The van der Waals surface area contributed by atoms with Gasteiger partial charge in [0.1, 0.15) is 11.5 Å². The number of amides is 1. The first-order valence-corrected chi connectivity index (χ1v) is 10.1. The van der Waals surface area contributed by atoms with E-state index in [-0.39, 0.29) is 24.0 Å². The maximum atomic E-state index is 13.2. The number of methoxy groups -OCH3 is 2. The number of ether oxygens (including phenoxy) is 2. The summed E-state index contributed by atoms with van der Waals surface area (Å²) in [7, 11) is 3.13. The van der Waals surface area contributed by atoms with Crippen molar-refractivity contribution in [3.63, 3.8) is 0 Å². The Labute approximate surface area is 173 Å². The van der Waals surface area contributed by atoms with Crippen molar-refractivity contribution in [3.8, 4) is 17.6 Å². The summed E-state index contributed by atoms with van der Waals surface area (Å²) in [6.07, 6.45) is 0.104. The van der Waals surface area contributed by atoms with Crippen LogP contribution in [-0.4, -0.2) is 35.9 Å². The monoisotopic (exact) mass is 408 g/mol. The third-order valence-corrected chi connectivity index (χ3v) is 6.56. The molecule has 6 nitrogen and oxygen atoms in total. The standard InChI is InChI=1S/C22H20N2O4S/c1-27-16-7-3-5-14(9-16)18-11-20(25)24-21(19(18)12-23)29-13-22(24,26)15-6-4-8-17(10-15)28-2/h3-10,18,26H,11,13H2,1-2H3/t18-,22+/m0/s1. The number of carbonyl (C=O) groups is 1. The van der Waals surface area contributed by atoms with E-state index in [0.717, 1.165) is 5.56 Å². The van der Waals surface area contributed by atoms with Gasteiger partial charge in [-0.15, -0.1) is 11.8 Å². The van der Waals surface area contributed by atoms with Crippen molar-refractivity contribution in [1.29, 1.82) is 5.26 Å². The molecule has 2 atom stereocenters. The second-order valence-electron chi connectivity index (χ2n) is 6.93. The molecule has 2 aromatic rings. The lowest BCUT2D eigenvalue weighted by Gasteiger charge is -2.38. The molecule has 0 aliphatic carbocycles. The van der Waals surface area contributed by atoms with Gasteiger partial charge in [0.2, 0.25) is 5.91 Å². The lowest BCUT2D eigenvalue weighted by molar-refractivity contribution is -0.149. The summed E-state index contributed by atoms with van der Waals surface area (Å²) >= 11 is 1.33.